The third-order valence-corrected chi connectivity index (χ3v) is 3.88. The SMILES string of the molecule is Cc1ccc(C(=O)NCCC2(C(=O)O)CC2)c(Cl)c1. The average Bonchev–Trinajstić information content (AvgIpc) is 3.10. The molecule has 0 unspecified atom stereocenters. The summed E-state index contributed by atoms with van der Waals surface area (Å²) in [5.41, 5.74) is 0.807. The lowest BCUT2D eigenvalue weighted by Crippen LogP contribution is -2.28. The van der Waals surface area contributed by atoms with Crippen LogP contribution in [0.2, 0.25) is 5.02 Å². The summed E-state index contributed by atoms with van der Waals surface area (Å²) in [6.07, 6.45) is 1.87. The van der Waals surface area contributed by atoms with Crippen molar-refractivity contribution in [2.45, 2.75) is 26.2 Å². The van der Waals surface area contributed by atoms with Gasteiger partial charge in [0.15, 0.2) is 0 Å². The minimum Gasteiger partial charge on any atom is -0.481 e. The van der Waals surface area contributed by atoms with E-state index in [1.807, 2.05) is 13.0 Å². The largest absolute Gasteiger partial charge is 0.481 e. The summed E-state index contributed by atoms with van der Waals surface area (Å²) in [7, 11) is 0. The van der Waals surface area contributed by atoms with E-state index in [-0.39, 0.29) is 5.91 Å². The minimum atomic E-state index is -0.768. The van der Waals surface area contributed by atoms with Gasteiger partial charge >= 0.3 is 5.97 Å². The number of hydrogen-bond acceptors (Lipinski definition) is 2. The highest BCUT2D eigenvalue weighted by Crippen LogP contribution is 2.48. The predicted octanol–water partition coefficient (Wildman–Crippen LogP) is 2.63. The van der Waals surface area contributed by atoms with Gasteiger partial charge in [0, 0.05) is 6.54 Å². The van der Waals surface area contributed by atoms with Crippen LogP contribution in [0, 0.1) is 12.3 Å². The highest BCUT2D eigenvalue weighted by molar-refractivity contribution is 6.33. The highest BCUT2D eigenvalue weighted by Gasteiger charge is 2.49. The number of benzene rings is 1. The molecule has 2 rings (SSSR count). The molecule has 0 aliphatic heterocycles. The molecule has 0 saturated heterocycles. The van der Waals surface area contributed by atoms with Crippen LogP contribution in [0.5, 0.6) is 0 Å². The molecule has 0 spiro atoms. The van der Waals surface area contributed by atoms with E-state index in [1.165, 1.54) is 0 Å². The molecule has 102 valence electrons. The van der Waals surface area contributed by atoms with Gasteiger partial charge in [0.1, 0.15) is 0 Å². The number of carbonyl (C=O) groups is 2. The lowest BCUT2D eigenvalue weighted by molar-refractivity contribution is -0.143. The number of aliphatic carboxylic acids is 1. The second-order valence-electron chi connectivity index (χ2n) is 5.07. The number of rotatable bonds is 5. The second kappa shape index (κ2) is 5.21. The van der Waals surface area contributed by atoms with Gasteiger partial charge in [-0.05, 0) is 43.9 Å². The van der Waals surface area contributed by atoms with E-state index in [0.717, 1.165) is 5.56 Å². The number of amides is 1. The monoisotopic (exact) mass is 281 g/mol. The Morgan fingerprint density at radius 1 is 1.42 bits per heavy atom. The van der Waals surface area contributed by atoms with Gasteiger partial charge in [-0.25, -0.2) is 0 Å². The molecule has 4 nitrogen and oxygen atoms in total. The molecule has 1 aromatic carbocycles. The molecular formula is C14H16ClNO3. The average molecular weight is 282 g/mol. The number of carboxylic acid groups (broad SMARTS) is 1. The van der Waals surface area contributed by atoms with Crippen LogP contribution in [0.3, 0.4) is 0 Å². The lowest BCUT2D eigenvalue weighted by atomic mass is 10.0. The number of hydrogen-bond donors (Lipinski definition) is 2. The van der Waals surface area contributed by atoms with Gasteiger partial charge in [0.05, 0.1) is 16.0 Å². The van der Waals surface area contributed by atoms with E-state index >= 15 is 0 Å². The van der Waals surface area contributed by atoms with Crippen molar-refractivity contribution < 1.29 is 14.7 Å². The zero-order valence-corrected chi connectivity index (χ0v) is 11.5. The Morgan fingerprint density at radius 3 is 2.63 bits per heavy atom. The van der Waals surface area contributed by atoms with Crippen molar-refractivity contribution in [3.05, 3.63) is 34.3 Å². The number of carbonyl (C=O) groups excluding carboxylic acids is 1. The van der Waals surface area contributed by atoms with Crippen molar-refractivity contribution >= 4 is 23.5 Å². The summed E-state index contributed by atoms with van der Waals surface area (Å²) in [5.74, 6) is -1.03. The van der Waals surface area contributed by atoms with Gasteiger partial charge < -0.3 is 10.4 Å². The molecule has 19 heavy (non-hydrogen) atoms. The van der Waals surface area contributed by atoms with E-state index in [0.29, 0.717) is 36.4 Å². The number of nitrogens with one attached hydrogen (secondary N) is 1. The maximum absolute atomic E-state index is 11.9. The van der Waals surface area contributed by atoms with Crippen molar-refractivity contribution in [2.24, 2.45) is 5.41 Å². The minimum absolute atomic E-state index is 0.258. The third kappa shape index (κ3) is 3.07. The summed E-state index contributed by atoms with van der Waals surface area (Å²) < 4.78 is 0. The molecule has 5 heteroatoms. The van der Waals surface area contributed by atoms with Crippen LogP contribution in [0.25, 0.3) is 0 Å². The predicted molar refractivity (Wildman–Crippen MR) is 72.4 cm³/mol. The smallest absolute Gasteiger partial charge is 0.309 e. The molecule has 1 fully saturated rings. The first-order valence-corrected chi connectivity index (χ1v) is 6.60. The van der Waals surface area contributed by atoms with Crippen LogP contribution >= 0.6 is 11.6 Å². The molecule has 1 aliphatic rings. The summed E-state index contributed by atoms with van der Waals surface area (Å²) in [4.78, 5) is 22.9. The quantitative estimate of drug-likeness (QED) is 0.872. The van der Waals surface area contributed by atoms with Gasteiger partial charge in [-0.1, -0.05) is 17.7 Å². The van der Waals surface area contributed by atoms with Gasteiger partial charge in [-0.15, -0.1) is 0 Å². The Kier molecular flexibility index (Phi) is 3.80. The van der Waals surface area contributed by atoms with E-state index < -0.39 is 11.4 Å². The summed E-state index contributed by atoms with van der Waals surface area (Å²) in [6.45, 7) is 2.26. The lowest BCUT2D eigenvalue weighted by Gasteiger charge is -2.11. The van der Waals surface area contributed by atoms with Crippen LogP contribution in [-0.4, -0.2) is 23.5 Å². The normalized spacial score (nSPS) is 15.9. The maximum Gasteiger partial charge on any atom is 0.309 e. The summed E-state index contributed by atoms with van der Waals surface area (Å²) in [5, 5.41) is 12.2. The van der Waals surface area contributed by atoms with E-state index in [4.69, 9.17) is 16.7 Å². The van der Waals surface area contributed by atoms with Crippen LogP contribution in [0.1, 0.15) is 35.2 Å². The highest BCUT2D eigenvalue weighted by atomic mass is 35.5. The Labute approximate surface area is 116 Å². The molecule has 0 bridgehead atoms. The Hall–Kier alpha value is -1.55. The van der Waals surface area contributed by atoms with E-state index in [9.17, 15) is 9.59 Å². The molecular weight excluding hydrogens is 266 g/mol. The zero-order chi connectivity index (χ0) is 14.0. The van der Waals surface area contributed by atoms with Gasteiger partial charge in [-0.2, -0.15) is 0 Å². The van der Waals surface area contributed by atoms with Crippen molar-refractivity contribution in [1.29, 1.82) is 0 Å². The Bertz CT molecular complexity index is 523. The first-order chi connectivity index (χ1) is 8.94. The standard InChI is InChI=1S/C14H16ClNO3/c1-9-2-3-10(11(15)8-9)12(17)16-7-6-14(4-5-14)13(18)19/h2-3,8H,4-7H2,1H3,(H,16,17)(H,18,19). The Morgan fingerprint density at radius 2 is 2.11 bits per heavy atom. The topological polar surface area (TPSA) is 66.4 Å². The van der Waals surface area contributed by atoms with E-state index in [2.05, 4.69) is 5.32 Å². The van der Waals surface area contributed by atoms with Crippen molar-refractivity contribution in [3.8, 4) is 0 Å². The number of aryl methyl sites for hydroxylation is 1. The Balaban J connectivity index is 1.90. The van der Waals surface area contributed by atoms with Crippen molar-refractivity contribution in [2.75, 3.05) is 6.54 Å². The molecule has 0 atom stereocenters. The van der Waals surface area contributed by atoms with Gasteiger partial charge in [-0.3, -0.25) is 9.59 Å². The molecule has 0 heterocycles. The maximum atomic E-state index is 11.9. The fraction of sp³-hybridized carbons (Fsp3) is 0.429. The fourth-order valence-electron chi connectivity index (χ4n) is 2.04. The third-order valence-electron chi connectivity index (χ3n) is 3.57. The van der Waals surface area contributed by atoms with Crippen LogP contribution in [0.4, 0.5) is 0 Å². The van der Waals surface area contributed by atoms with Crippen LogP contribution in [-0.2, 0) is 4.79 Å². The van der Waals surface area contributed by atoms with Crippen molar-refractivity contribution in [3.63, 3.8) is 0 Å². The molecule has 1 saturated carbocycles. The van der Waals surface area contributed by atoms with Gasteiger partial charge in [0.25, 0.3) is 5.91 Å². The van der Waals surface area contributed by atoms with Crippen molar-refractivity contribution in [1.82, 2.24) is 5.32 Å². The first kappa shape index (κ1) is 13.9. The molecule has 0 aromatic heterocycles. The molecule has 1 aliphatic carbocycles. The second-order valence-corrected chi connectivity index (χ2v) is 5.48. The number of halogens is 1. The van der Waals surface area contributed by atoms with Gasteiger partial charge in [0.2, 0.25) is 0 Å². The molecule has 0 radical (unpaired) electrons. The summed E-state index contributed by atoms with van der Waals surface area (Å²) >= 11 is 6.00. The van der Waals surface area contributed by atoms with Crippen LogP contribution < -0.4 is 5.32 Å². The number of carboxylic acids is 1. The van der Waals surface area contributed by atoms with E-state index in [1.54, 1.807) is 12.1 Å². The summed E-state index contributed by atoms with van der Waals surface area (Å²) in [6, 6.07) is 5.23. The van der Waals surface area contributed by atoms with Crippen LogP contribution in [0.15, 0.2) is 18.2 Å². The molecule has 1 amide bonds. The zero-order valence-electron chi connectivity index (χ0n) is 10.7. The molecule has 2 N–H and O–H groups in total. The first-order valence-electron chi connectivity index (χ1n) is 6.22. The molecule has 1 aromatic rings. The fourth-order valence-corrected chi connectivity index (χ4v) is 2.36.